The number of nitrogens with zero attached hydrogens (tertiary/aromatic N) is 3. The second-order valence-corrected chi connectivity index (χ2v) is 6.08. The van der Waals surface area contributed by atoms with Crippen LogP contribution in [-0.4, -0.2) is 80.7 Å². The number of hydrogen-bond acceptors (Lipinski definition) is 6. The van der Waals surface area contributed by atoms with Gasteiger partial charge in [-0.25, -0.2) is 0 Å². The minimum atomic E-state index is -0.404. The summed E-state index contributed by atoms with van der Waals surface area (Å²) in [5.41, 5.74) is 0.821. The van der Waals surface area contributed by atoms with Gasteiger partial charge in [0.25, 0.3) is 0 Å². The Labute approximate surface area is 153 Å². The molecule has 0 aromatic heterocycles. The van der Waals surface area contributed by atoms with E-state index in [0.29, 0.717) is 10.9 Å². The van der Waals surface area contributed by atoms with Gasteiger partial charge in [-0.1, -0.05) is 0 Å². The van der Waals surface area contributed by atoms with Crippen LogP contribution in [0.3, 0.4) is 0 Å². The lowest BCUT2D eigenvalue weighted by Crippen LogP contribution is -2.51. The summed E-state index contributed by atoms with van der Waals surface area (Å²) in [4.78, 5) is 20.1. The lowest BCUT2D eigenvalue weighted by molar-refractivity contribution is -0.138. The van der Waals surface area contributed by atoms with Gasteiger partial charge in [0.1, 0.15) is 18.1 Å². The van der Waals surface area contributed by atoms with Crippen molar-refractivity contribution in [3.63, 3.8) is 0 Å². The molecule has 1 fully saturated rings. The predicted molar refractivity (Wildman–Crippen MR) is 101 cm³/mol. The number of methoxy groups -OCH3 is 2. The highest BCUT2D eigenvalue weighted by molar-refractivity contribution is 7.80. The van der Waals surface area contributed by atoms with Crippen LogP contribution in [0.5, 0.6) is 5.75 Å². The van der Waals surface area contributed by atoms with Gasteiger partial charge in [0.05, 0.1) is 14.2 Å². The molecule has 0 saturated carbocycles. The first kappa shape index (κ1) is 19.1. The number of benzene rings is 1. The van der Waals surface area contributed by atoms with Gasteiger partial charge in [0, 0.05) is 31.7 Å². The molecule has 1 aromatic carbocycles. The van der Waals surface area contributed by atoms with Gasteiger partial charge >= 0.3 is 5.97 Å². The van der Waals surface area contributed by atoms with Crippen molar-refractivity contribution in [2.45, 2.75) is 0 Å². The Kier molecular flexibility index (Phi) is 7.15. The molecule has 0 atom stereocenters. The third-order valence-corrected chi connectivity index (χ3v) is 4.33. The van der Waals surface area contributed by atoms with Crippen molar-refractivity contribution in [1.29, 1.82) is 0 Å². The molecule has 1 aromatic rings. The average Bonchev–Trinajstić information content (AvgIpc) is 2.65. The lowest BCUT2D eigenvalue weighted by atomic mass is 10.2. The van der Waals surface area contributed by atoms with Gasteiger partial charge < -0.3 is 24.6 Å². The molecule has 8 heteroatoms. The van der Waals surface area contributed by atoms with Gasteiger partial charge in [-0.05, 0) is 43.5 Å². The number of rotatable bonds is 4. The summed E-state index contributed by atoms with van der Waals surface area (Å²) in [6, 6.07) is 7.41. The normalized spacial score (nSPS) is 15.6. The van der Waals surface area contributed by atoms with Crippen LogP contribution >= 0.6 is 12.2 Å². The number of nitrogens with one attached hydrogen (secondary N) is 1. The standard InChI is InChI=1S/C17H24N4O3S/c1-20-8-10-21(11-9-20)17(25)19-16(18-12-15(22)24-3)13-4-6-14(23-2)7-5-13/h4-7H,8-12H2,1-3H3,(H,18,19,25). The van der Waals surface area contributed by atoms with Crippen molar-refractivity contribution in [3.8, 4) is 5.75 Å². The first-order valence-electron chi connectivity index (χ1n) is 8.03. The van der Waals surface area contributed by atoms with Crippen LogP contribution in [0, 0.1) is 0 Å². The van der Waals surface area contributed by atoms with Crippen molar-refractivity contribution in [2.75, 3.05) is 54.0 Å². The summed E-state index contributed by atoms with van der Waals surface area (Å²) in [6.07, 6.45) is 0. The summed E-state index contributed by atoms with van der Waals surface area (Å²) >= 11 is 5.52. The fourth-order valence-corrected chi connectivity index (χ4v) is 2.63. The van der Waals surface area contributed by atoms with Crippen LogP contribution in [0.25, 0.3) is 0 Å². The Bertz CT molecular complexity index is 625. The van der Waals surface area contributed by atoms with E-state index in [4.69, 9.17) is 17.0 Å². The minimum absolute atomic E-state index is 0.0732. The Morgan fingerprint density at radius 3 is 2.40 bits per heavy atom. The first-order valence-corrected chi connectivity index (χ1v) is 8.44. The van der Waals surface area contributed by atoms with Crippen molar-refractivity contribution < 1.29 is 14.3 Å². The van der Waals surface area contributed by atoms with E-state index in [1.165, 1.54) is 7.11 Å². The van der Waals surface area contributed by atoms with Gasteiger partial charge in [-0.2, -0.15) is 0 Å². The van der Waals surface area contributed by atoms with Crippen molar-refractivity contribution in [3.05, 3.63) is 29.8 Å². The fourth-order valence-electron chi connectivity index (χ4n) is 2.35. The molecule has 2 rings (SSSR count). The highest BCUT2D eigenvalue weighted by Crippen LogP contribution is 2.12. The van der Waals surface area contributed by atoms with E-state index in [1.807, 2.05) is 24.3 Å². The number of likely N-dealkylation sites (N-methyl/N-ethyl adjacent to an activating group) is 1. The zero-order valence-electron chi connectivity index (χ0n) is 14.8. The van der Waals surface area contributed by atoms with Crippen LogP contribution in [0.2, 0.25) is 0 Å². The van der Waals surface area contributed by atoms with Crippen molar-refractivity contribution in [2.24, 2.45) is 4.99 Å². The largest absolute Gasteiger partial charge is 0.497 e. The average molecular weight is 364 g/mol. The number of thiocarbonyl (C=S) groups is 1. The number of aliphatic imine (C=N–C) groups is 1. The summed E-state index contributed by atoms with van der Waals surface area (Å²) < 4.78 is 9.84. The monoisotopic (exact) mass is 364 g/mol. The van der Waals surface area contributed by atoms with Gasteiger partial charge in [0.15, 0.2) is 5.11 Å². The third-order valence-electron chi connectivity index (χ3n) is 3.97. The molecule has 7 nitrogen and oxygen atoms in total. The highest BCUT2D eigenvalue weighted by atomic mass is 32.1. The summed E-state index contributed by atoms with van der Waals surface area (Å²) in [5, 5.41) is 3.78. The summed E-state index contributed by atoms with van der Waals surface area (Å²) in [6.45, 7) is 3.55. The maximum absolute atomic E-state index is 11.4. The number of amidine groups is 1. The Hall–Kier alpha value is -2.19. The molecule has 0 unspecified atom stereocenters. The van der Waals surface area contributed by atoms with E-state index in [1.54, 1.807) is 7.11 Å². The summed E-state index contributed by atoms with van der Waals surface area (Å²) in [5.74, 6) is 0.882. The van der Waals surface area contributed by atoms with Gasteiger partial charge in [-0.15, -0.1) is 0 Å². The Balaban J connectivity index is 2.13. The molecule has 0 radical (unpaired) electrons. The molecule has 1 heterocycles. The number of esters is 1. The van der Waals surface area contributed by atoms with E-state index in [9.17, 15) is 4.79 Å². The number of carbonyl (C=O) groups is 1. The summed E-state index contributed by atoms with van der Waals surface area (Å²) in [7, 11) is 5.05. The first-order chi connectivity index (χ1) is 12.0. The predicted octanol–water partition coefficient (Wildman–Crippen LogP) is 0.737. The Morgan fingerprint density at radius 2 is 1.84 bits per heavy atom. The molecule has 1 aliphatic rings. The second kappa shape index (κ2) is 9.33. The quantitative estimate of drug-likeness (QED) is 0.366. The van der Waals surface area contributed by atoms with Crippen molar-refractivity contribution >= 4 is 29.1 Å². The smallest absolute Gasteiger partial charge is 0.327 e. The van der Waals surface area contributed by atoms with Crippen LogP contribution in [0.4, 0.5) is 0 Å². The van der Waals surface area contributed by atoms with Crippen LogP contribution in [0.1, 0.15) is 5.56 Å². The van der Waals surface area contributed by atoms with Crippen molar-refractivity contribution in [1.82, 2.24) is 15.1 Å². The maximum atomic E-state index is 11.4. The Morgan fingerprint density at radius 1 is 1.20 bits per heavy atom. The molecule has 25 heavy (non-hydrogen) atoms. The van der Waals surface area contributed by atoms with Crippen LogP contribution < -0.4 is 10.1 Å². The molecule has 1 saturated heterocycles. The molecule has 0 aliphatic carbocycles. The zero-order valence-corrected chi connectivity index (χ0v) is 15.6. The van der Waals surface area contributed by atoms with Crippen LogP contribution in [0.15, 0.2) is 29.3 Å². The number of carbonyl (C=O) groups excluding carboxylic acids is 1. The van der Waals surface area contributed by atoms with E-state index < -0.39 is 5.97 Å². The fraction of sp³-hybridized carbons (Fsp3) is 0.471. The molecule has 1 N–H and O–H groups in total. The van der Waals surface area contributed by atoms with Gasteiger partial charge in [0.2, 0.25) is 0 Å². The van der Waals surface area contributed by atoms with E-state index in [2.05, 4.69) is 31.9 Å². The van der Waals surface area contributed by atoms with Crippen LogP contribution in [-0.2, 0) is 9.53 Å². The second-order valence-electron chi connectivity index (χ2n) is 5.69. The molecule has 0 spiro atoms. The number of ether oxygens (including phenoxy) is 2. The molecule has 1 aliphatic heterocycles. The molecular weight excluding hydrogens is 340 g/mol. The molecular formula is C17H24N4O3S. The van der Waals surface area contributed by atoms with E-state index in [-0.39, 0.29) is 6.54 Å². The third kappa shape index (κ3) is 5.68. The minimum Gasteiger partial charge on any atom is -0.497 e. The lowest BCUT2D eigenvalue weighted by Gasteiger charge is -2.34. The van der Waals surface area contributed by atoms with E-state index >= 15 is 0 Å². The topological polar surface area (TPSA) is 66.4 Å². The number of hydrogen-bond donors (Lipinski definition) is 1. The molecule has 0 bridgehead atoms. The molecule has 0 amide bonds. The van der Waals surface area contributed by atoms with Gasteiger partial charge in [-0.3, -0.25) is 9.79 Å². The maximum Gasteiger partial charge on any atom is 0.327 e. The van der Waals surface area contributed by atoms with E-state index in [0.717, 1.165) is 37.5 Å². The zero-order chi connectivity index (χ0) is 18.2. The highest BCUT2D eigenvalue weighted by Gasteiger charge is 2.18. The molecule has 136 valence electrons. The number of piperazine rings is 1. The SMILES string of the molecule is COC(=O)CN=C(NC(=S)N1CCN(C)CC1)c1ccc(OC)cc1.